The maximum atomic E-state index is 11.0. The van der Waals surface area contributed by atoms with Crippen LogP contribution in [0.3, 0.4) is 0 Å². The van der Waals surface area contributed by atoms with Gasteiger partial charge in [0.2, 0.25) is 0 Å². The molecular formula is C9H6ClNO2S. The fraction of sp³-hybridized carbons (Fsp3) is 0. The predicted molar refractivity (Wildman–Crippen MR) is 54.8 cm³/mol. The first-order valence-electron chi connectivity index (χ1n) is 3.87. The number of fused-ring (bicyclic) bond motifs is 1. The molecule has 0 saturated carbocycles. The molecule has 0 fully saturated rings. The molecule has 0 spiro atoms. The van der Waals surface area contributed by atoms with E-state index >= 15 is 0 Å². The Hall–Kier alpha value is -1.13. The molecular weight excluding hydrogens is 222 g/mol. The number of pyridine rings is 1. The Morgan fingerprint density at radius 1 is 1.21 bits per heavy atom. The van der Waals surface area contributed by atoms with Crippen LogP contribution in [0.15, 0.2) is 41.4 Å². The highest BCUT2D eigenvalue weighted by Crippen LogP contribution is 2.18. The standard InChI is InChI=1S/C9H6ClNO2S/c10-14(12,13)8-5-7-3-1-2-4-9(7)11-6-8/h1-6H. The van der Waals surface area contributed by atoms with Crippen molar-refractivity contribution in [3.63, 3.8) is 0 Å². The van der Waals surface area contributed by atoms with Gasteiger partial charge >= 0.3 is 0 Å². The molecule has 0 saturated heterocycles. The van der Waals surface area contributed by atoms with Crippen LogP contribution in [0.1, 0.15) is 0 Å². The second-order valence-electron chi connectivity index (χ2n) is 2.80. The third-order valence-electron chi connectivity index (χ3n) is 1.85. The fourth-order valence-electron chi connectivity index (χ4n) is 1.18. The molecule has 3 nitrogen and oxygen atoms in total. The van der Waals surface area contributed by atoms with E-state index in [0.717, 1.165) is 10.9 Å². The summed E-state index contributed by atoms with van der Waals surface area (Å²) in [4.78, 5) is 4.01. The summed E-state index contributed by atoms with van der Waals surface area (Å²) in [5.74, 6) is 0. The first-order chi connectivity index (χ1) is 6.57. The largest absolute Gasteiger partial charge is 0.262 e. The molecule has 14 heavy (non-hydrogen) atoms. The lowest BCUT2D eigenvalue weighted by atomic mass is 10.2. The summed E-state index contributed by atoms with van der Waals surface area (Å²) in [5.41, 5.74) is 0.747. The van der Waals surface area contributed by atoms with E-state index in [0.29, 0.717) is 0 Å². The Kier molecular flexibility index (Phi) is 2.17. The van der Waals surface area contributed by atoms with Crippen LogP contribution in [0, 0.1) is 0 Å². The molecule has 72 valence electrons. The summed E-state index contributed by atoms with van der Waals surface area (Å²) in [6.07, 6.45) is 1.25. The Balaban J connectivity index is 2.75. The van der Waals surface area contributed by atoms with Gasteiger partial charge in [0.15, 0.2) is 0 Å². The third kappa shape index (κ3) is 1.71. The quantitative estimate of drug-likeness (QED) is 0.702. The van der Waals surface area contributed by atoms with Gasteiger partial charge in [0.1, 0.15) is 4.90 Å². The topological polar surface area (TPSA) is 47.0 Å². The number of hydrogen-bond acceptors (Lipinski definition) is 3. The molecule has 5 heteroatoms. The van der Waals surface area contributed by atoms with Crippen molar-refractivity contribution in [1.82, 2.24) is 4.98 Å². The molecule has 0 bridgehead atoms. The number of rotatable bonds is 1. The van der Waals surface area contributed by atoms with Gasteiger partial charge in [-0.15, -0.1) is 0 Å². The Labute approximate surface area is 85.8 Å². The molecule has 0 aliphatic carbocycles. The SMILES string of the molecule is O=S(=O)(Cl)c1cnc2ccccc2c1. The molecule has 0 unspecified atom stereocenters. The summed E-state index contributed by atoms with van der Waals surface area (Å²) >= 11 is 0. The van der Waals surface area contributed by atoms with Crippen molar-refractivity contribution in [2.24, 2.45) is 0 Å². The van der Waals surface area contributed by atoms with E-state index in [-0.39, 0.29) is 4.90 Å². The van der Waals surface area contributed by atoms with Gasteiger partial charge in [-0.3, -0.25) is 4.98 Å². The van der Waals surface area contributed by atoms with Crippen LogP contribution in [0.2, 0.25) is 0 Å². The summed E-state index contributed by atoms with van der Waals surface area (Å²) in [7, 11) is 1.51. The summed E-state index contributed by atoms with van der Waals surface area (Å²) < 4.78 is 22.0. The summed E-state index contributed by atoms with van der Waals surface area (Å²) in [6, 6.07) is 8.75. The second kappa shape index (κ2) is 3.22. The zero-order chi connectivity index (χ0) is 10.2. The van der Waals surface area contributed by atoms with Gasteiger partial charge in [0.25, 0.3) is 9.05 Å². The minimum absolute atomic E-state index is 0.0258. The minimum Gasteiger partial charge on any atom is -0.255 e. The second-order valence-corrected chi connectivity index (χ2v) is 5.37. The molecule has 1 aromatic heterocycles. The van der Waals surface area contributed by atoms with Crippen molar-refractivity contribution in [2.45, 2.75) is 4.90 Å². The number of nitrogens with zero attached hydrogens (tertiary/aromatic N) is 1. The number of halogens is 1. The van der Waals surface area contributed by atoms with Crippen molar-refractivity contribution in [3.05, 3.63) is 36.5 Å². The van der Waals surface area contributed by atoms with Crippen LogP contribution >= 0.6 is 10.7 Å². The monoisotopic (exact) mass is 227 g/mol. The molecule has 0 atom stereocenters. The number of aromatic nitrogens is 1. The molecule has 2 aromatic rings. The molecule has 1 aromatic carbocycles. The van der Waals surface area contributed by atoms with Gasteiger partial charge in [-0.25, -0.2) is 8.42 Å². The minimum atomic E-state index is -3.68. The van der Waals surface area contributed by atoms with E-state index in [1.54, 1.807) is 12.1 Å². The molecule has 2 rings (SSSR count). The van der Waals surface area contributed by atoms with Crippen molar-refractivity contribution in [1.29, 1.82) is 0 Å². The predicted octanol–water partition coefficient (Wildman–Crippen LogP) is 2.16. The van der Waals surface area contributed by atoms with Crippen molar-refractivity contribution in [2.75, 3.05) is 0 Å². The normalized spacial score (nSPS) is 11.8. The molecule has 0 amide bonds. The van der Waals surface area contributed by atoms with Crippen LogP contribution in [0.4, 0.5) is 0 Å². The van der Waals surface area contributed by atoms with Gasteiger partial charge < -0.3 is 0 Å². The first-order valence-corrected chi connectivity index (χ1v) is 6.18. The number of para-hydroxylation sites is 1. The molecule has 0 radical (unpaired) electrons. The van der Waals surface area contributed by atoms with E-state index in [2.05, 4.69) is 4.98 Å². The molecule has 0 aliphatic heterocycles. The third-order valence-corrected chi connectivity index (χ3v) is 3.17. The average molecular weight is 228 g/mol. The molecule has 0 aliphatic rings. The van der Waals surface area contributed by atoms with Crippen LogP contribution < -0.4 is 0 Å². The average Bonchev–Trinajstić information content (AvgIpc) is 2.16. The van der Waals surface area contributed by atoms with E-state index in [1.807, 2.05) is 12.1 Å². The Bertz CT molecular complexity index is 580. The lowest BCUT2D eigenvalue weighted by Gasteiger charge is -1.98. The highest BCUT2D eigenvalue weighted by Gasteiger charge is 2.10. The van der Waals surface area contributed by atoms with Gasteiger partial charge in [0, 0.05) is 22.3 Å². The van der Waals surface area contributed by atoms with Gasteiger partial charge in [-0.1, -0.05) is 18.2 Å². The molecule has 1 heterocycles. The van der Waals surface area contributed by atoms with Crippen LogP contribution in [0.25, 0.3) is 10.9 Å². The first kappa shape index (κ1) is 9.43. The fourth-order valence-corrected chi connectivity index (χ4v) is 1.88. The van der Waals surface area contributed by atoms with Gasteiger partial charge in [-0.2, -0.15) is 0 Å². The maximum absolute atomic E-state index is 11.0. The van der Waals surface area contributed by atoms with Gasteiger partial charge in [0.05, 0.1) is 5.52 Å². The van der Waals surface area contributed by atoms with Crippen molar-refractivity contribution >= 4 is 30.6 Å². The van der Waals surface area contributed by atoms with Crippen molar-refractivity contribution in [3.8, 4) is 0 Å². The summed E-state index contributed by atoms with van der Waals surface area (Å²) in [6.45, 7) is 0. The molecule has 0 N–H and O–H groups in total. The zero-order valence-electron chi connectivity index (χ0n) is 7.01. The number of benzene rings is 1. The van der Waals surface area contributed by atoms with E-state index < -0.39 is 9.05 Å². The Morgan fingerprint density at radius 3 is 2.64 bits per heavy atom. The lowest BCUT2D eigenvalue weighted by Crippen LogP contribution is -1.91. The van der Waals surface area contributed by atoms with E-state index in [1.165, 1.54) is 12.3 Å². The Morgan fingerprint density at radius 2 is 1.93 bits per heavy atom. The van der Waals surface area contributed by atoms with Gasteiger partial charge in [-0.05, 0) is 12.1 Å². The van der Waals surface area contributed by atoms with E-state index in [4.69, 9.17) is 10.7 Å². The lowest BCUT2D eigenvalue weighted by molar-refractivity contribution is 0.609. The van der Waals surface area contributed by atoms with Crippen LogP contribution in [-0.4, -0.2) is 13.4 Å². The smallest absolute Gasteiger partial charge is 0.255 e. The zero-order valence-corrected chi connectivity index (χ0v) is 8.59. The highest BCUT2D eigenvalue weighted by molar-refractivity contribution is 8.13. The van der Waals surface area contributed by atoms with E-state index in [9.17, 15) is 8.42 Å². The van der Waals surface area contributed by atoms with Crippen molar-refractivity contribution < 1.29 is 8.42 Å². The van der Waals surface area contributed by atoms with Crippen LogP contribution in [0.5, 0.6) is 0 Å². The van der Waals surface area contributed by atoms with Crippen LogP contribution in [-0.2, 0) is 9.05 Å². The maximum Gasteiger partial charge on any atom is 0.262 e. The number of hydrogen-bond donors (Lipinski definition) is 0. The summed E-state index contributed by atoms with van der Waals surface area (Å²) in [5, 5.41) is 0.759. The highest BCUT2D eigenvalue weighted by atomic mass is 35.7.